The van der Waals surface area contributed by atoms with E-state index in [9.17, 15) is 0 Å². The molecule has 0 saturated carbocycles. The average molecular weight is 306 g/mol. The molecule has 1 N–H and O–H groups in total. The van der Waals surface area contributed by atoms with E-state index < -0.39 is 0 Å². The molecule has 0 aromatic heterocycles. The Kier molecular flexibility index (Phi) is 4.12. The van der Waals surface area contributed by atoms with Crippen molar-refractivity contribution in [1.82, 2.24) is 15.2 Å². The number of hydrogen-bond donors (Lipinski definition) is 1. The van der Waals surface area contributed by atoms with E-state index in [2.05, 4.69) is 41.2 Å². The maximum atomic E-state index is 5.69. The third-order valence-electron chi connectivity index (χ3n) is 3.94. The van der Waals surface area contributed by atoms with Crippen molar-refractivity contribution in [3.63, 3.8) is 0 Å². The van der Waals surface area contributed by atoms with Gasteiger partial charge in [-0.15, -0.1) is 0 Å². The van der Waals surface area contributed by atoms with E-state index in [1.54, 1.807) is 0 Å². The van der Waals surface area contributed by atoms with Crippen molar-refractivity contribution in [1.29, 1.82) is 0 Å². The van der Waals surface area contributed by atoms with E-state index in [4.69, 9.17) is 17.0 Å². The highest BCUT2D eigenvalue weighted by atomic mass is 32.1. The van der Waals surface area contributed by atoms with Crippen LogP contribution in [-0.4, -0.2) is 53.5 Å². The Labute approximate surface area is 131 Å². The molecule has 2 fully saturated rings. The van der Waals surface area contributed by atoms with Crippen LogP contribution >= 0.6 is 12.2 Å². The van der Waals surface area contributed by atoms with E-state index >= 15 is 0 Å². The highest BCUT2D eigenvalue weighted by molar-refractivity contribution is 7.80. The van der Waals surface area contributed by atoms with E-state index in [-0.39, 0.29) is 5.66 Å². The van der Waals surface area contributed by atoms with Gasteiger partial charge in [0.05, 0.1) is 25.6 Å². The lowest BCUT2D eigenvalue weighted by atomic mass is 10.2. The molecule has 0 amide bonds. The minimum atomic E-state index is -0.203. The molecule has 21 heavy (non-hydrogen) atoms. The van der Waals surface area contributed by atoms with Crippen LogP contribution in [0.1, 0.15) is 13.8 Å². The van der Waals surface area contributed by atoms with Gasteiger partial charge < -0.3 is 9.64 Å². The Bertz CT molecular complexity index is 502. The number of hydrazine groups is 1. The van der Waals surface area contributed by atoms with Crippen LogP contribution in [0.25, 0.3) is 0 Å². The number of benzene rings is 1. The van der Waals surface area contributed by atoms with Crippen molar-refractivity contribution in [2.24, 2.45) is 0 Å². The molecule has 1 aromatic carbocycles. The van der Waals surface area contributed by atoms with Gasteiger partial charge in [0.1, 0.15) is 5.66 Å². The minimum Gasteiger partial charge on any atom is -0.379 e. The van der Waals surface area contributed by atoms with Gasteiger partial charge in [0.15, 0.2) is 5.11 Å². The fourth-order valence-corrected chi connectivity index (χ4v) is 3.11. The second-order valence-electron chi connectivity index (χ2n) is 5.92. The number of ether oxygens (including phenoxy) is 1. The quantitative estimate of drug-likeness (QED) is 0.854. The smallest absolute Gasteiger partial charge is 0.193 e. The first-order valence-corrected chi connectivity index (χ1v) is 7.73. The largest absolute Gasteiger partial charge is 0.379 e. The summed E-state index contributed by atoms with van der Waals surface area (Å²) in [6, 6.07) is 10.2. The van der Waals surface area contributed by atoms with Crippen LogP contribution in [-0.2, 0) is 4.74 Å². The molecule has 114 valence electrons. The van der Waals surface area contributed by atoms with Gasteiger partial charge in [0, 0.05) is 13.1 Å². The molecule has 0 unspecified atom stereocenters. The molecular formula is C15H22N4OS. The summed E-state index contributed by atoms with van der Waals surface area (Å²) < 4.78 is 5.41. The van der Waals surface area contributed by atoms with Gasteiger partial charge in [-0.25, -0.2) is 10.4 Å². The zero-order valence-electron chi connectivity index (χ0n) is 12.6. The topological polar surface area (TPSA) is 31.0 Å². The zero-order chi connectivity index (χ0) is 14.9. The van der Waals surface area contributed by atoms with Crippen molar-refractivity contribution >= 4 is 23.0 Å². The molecule has 5 nitrogen and oxygen atoms in total. The molecule has 2 heterocycles. The summed E-state index contributed by atoms with van der Waals surface area (Å²) in [5, 5.41) is 2.81. The van der Waals surface area contributed by atoms with Crippen LogP contribution in [0.15, 0.2) is 30.3 Å². The van der Waals surface area contributed by atoms with Crippen LogP contribution in [0.2, 0.25) is 0 Å². The lowest BCUT2D eigenvalue weighted by Crippen LogP contribution is -2.53. The van der Waals surface area contributed by atoms with Crippen molar-refractivity contribution in [2.45, 2.75) is 19.5 Å². The number of anilines is 1. The second kappa shape index (κ2) is 5.88. The molecule has 2 saturated heterocycles. The van der Waals surface area contributed by atoms with Crippen molar-refractivity contribution in [3.05, 3.63) is 30.3 Å². The van der Waals surface area contributed by atoms with Gasteiger partial charge in [-0.1, -0.05) is 18.2 Å². The predicted octanol–water partition coefficient (Wildman–Crippen LogP) is 1.62. The molecule has 0 radical (unpaired) electrons. The highest BCUT2D eigenvalue weighted by Crippen LogP contribution is 2.26. The van der Waals surface area contributed by atoms with E-state index in [0.717, 1.165) is 43.8 Å². The fourth-order valence-electron chi connectivity index (χ4n) is 2.67. The Hall–Kier alpha value is -1.21. The van der Waals surface area contributed by atoms with Crippen molar-refractivity contribution in [2.75, 3.05) is 38.0 Å². The molecule has 0 spiro atoms. The number of para-hydroxylation sites is 1. The van der Waals surface area contributed by atoms with E-state index in [0.29, 0.717) is 0 Å². The molecule has 0 atom stereocenters. The fraction of sp³-hybridized carbons (Fsp3) is 0.533. The molecule has 6 heteroatoms. The van der Waals surface area contributed by atoms with Crippen LogP contribution in [0.5, 0.6) is 0 Å². The van der Waals surface area contributed by atoms with E-state index in [1.165, 1.54) is 0 Å². The normalized spacial score (nSPS) is 22.9. The molecule has 0 aliphatic carbocycles. The summed E-state index contributed by atoms with van der Waals surface area (Å²) in [4.78, 5) is 4.62. The van der Waals surface area contributed by atoms with E-state index in [1.807, 2.05) is 23.2 Å². The molecule has 3 rings (SSSR count). The van der Waals surface area contributed by atoms with Crippen LogP contribution < -0.4 is 10.4 Å². The molecule has 0 bridgehead atoms. The maximum absolute atomic E-state index is 5.69. The first-order chi connectivity index (χ1) is 10.1. The summed E-state index contributed by atoms with van der Waals surface area (Å²) in [6.07, 6.45) is 0. The number of hydrogen-bond acceptors (Lipinski definition) is 4. The number of nitrogens with zero attached hydrogens (tertiary/aromatic N) is 3. The molecule has 1 aromatic rings. The summed E-state index contributed by atoms with van der Waals surface area (Å²) in [5.74, 6) is 0. The standard InChI is InChI=1S/C15H22N4OS/c1-15(2)16-19(13-6-4-3-5-7-13)14(21)18(15)12-17-8-10-20-11-9-17/h3-7,16H,8-12H2,1-2H3. The van der Waals surface area contributed by atoms with Gasteiger partial charge in [-0.2, -0.15) is 0 Å². The summed E-state index contributed by atoms with van der Waals surface area (Å²) in [7, 11) is 0. The van der Waals surface area contributed by atoms with Crippen LogP contribution in [0.4, 0.5) is 5.69 Å². The maximum Gasteiger partial charge on any atom is 0.193 e. The number of morpholine rings is 1. The van der Waals surface area contributed by atoms with Crippen LogP contribution in [0.3, 0.4) is 0 Å². The van der Waals surface area contributed by atoms with Crippen molar-refractivity contribution in [3.8, 4) is 0 Å². The Morgan fingerprint density at radius 1 is 1.19 bits per heavy atom. The summed E-state index contributed by atoms with van der Waals surface area (Å²) in [5.41, 5.74) is 4.36. The second-order valence-corrected chi connectivity index (χ2v) is 6.29. The zero-order valence-corrected chi connectivity index (χ0v) is 13.4. The first kappa shape index (κ1) is 14.7. The molecule has 2 aliphatic rings. The van der Waals surface area contributed by atoms with Crippen LogP contribution in [0, 0.1) is 0 Å². The molecular weight excluding hydrogens is 284 g/mol. The van der Waals surface area contributed by atoms with Gasteiger partial charge in [0.2, 0.25) is 0 Å². The van der Waals surface area contributed by atoms with Gasteiger partial charge in [0.25, 0.3) is 0 Å². The lowest BCUT2D eigenvalue weighted by Gasteiger charge is -2.36. The predicted molar refractivity (Wildman–Crippen MR) is 87.8 cm³/mol. The lowest BCUT2D eigenvalue weighted by molar-refractivity contribution is 0.00882. The van der Waals surface area contributed by atoms with Gasteiger partial charge in [-0.05, 0) is 38.2 Å². The third kappa shape index (κ3) is 3.03. The molecule has 2 aliphatic heterocycles. The Balaban J connectivity index is 1.76. The average Bonchev–Trinajstić information content (AvgIpc) is 2.73. The van der Waals surface area contributed by atoms with Gasteiger partial charge in [-0.3, -0.25) is 4.90 Å². The summed E-state index contributed by atoms with van der Waals surface area (Å²) in [6.45, 7) is 8.66. The minimum absolute atomic E-state index is 0.203. The SMILES string of the molecule is CC1(C)NN(c2ccccc2)C(=S)N1CN1CCOCC1. The van der Waals surface area contributed by atoms with Gasteiger partial charge >= 0.3 is 0 Å². The van der Waals surface area contributed by atoms with Crippen molar-refractivity contribution < 1.29 is 4.74 Å². The number of rotatable bonds is 3. The monoisotopic (exact) mass is 306 g/mol. The Morgan fingerprint density at radius 2 is 1.86 bits per heavy atom. The Morgan fingerprint density at radius 3 is 2.52 bits per heavy atom. The third-order valence-corrected chi connectivity index (χ3v) is 4.34. The number of nitrogens with one attached hydrogen (secondary N) is 1. The number of thiocarbonyl (C=S) groups is 1. The first-order valence-electron chi connectivity index (χ1n) is 7.33. The summed E-state index contributed by atoms with van der Waals surface area (Å²) >= 11 is 5.69. The highest BCUT2D eigenvalue weighted by Gasteiger charge is 2.41.